The van der Waals surface area contributed by atoms with E-state index in [1.165, 1.54) is 10.4 Å². The van der Waals surface area contributed by atoms with E-state index in [4.69, 9.17) is 5.73 Å². The van der Waals surface area contributed by atoms with E-state index in [0.717, 1.165) is 19.5 Å². The van der Waals surface area contributed by atoms with Crippen molar-refractivity contribution < 1.29 is 0 Å². The lowest BCUT2D eigenvalue weighted by Crippen LogP contribution is -2.33. The van der Waals surface area contributed by atoms with Gasteiger partial charge in [0.2, 0.25) is 0 Å². The summed E-state index contributed by atoms with van der Waals surface area (Å²) in [6, 6.07) is 15.3. The Morgan fingerprint density at radius 2 is 1.95 bits per heavy atom. The van der Waals surface area contributed by atoms with Gasteiger partial charge in [-0.15, -0.1) is 11.3 Å². The zero-order valence-electron chi connectivity index (χ0n) is 11.5. The van der Waals surface area contributed by atoms with Crippen molar-refractivity contribution in [1.29, 1.82) is 0 Å². The molecule has 0 amide bonds. The Bertz CT molecular complexity index is 453. The minimum Gasteiger partial charge on any atom is -0.329 e. The molecule has 0 spiro atoms. The minimum absolute atomic E-state index is 0.333. The van der Waals surface area contributed by atoms with Crippen LogP contribution in [0.2, 0.25) is 0 Å². The molecule has 2 nitrogen and oxygen atoms in total. The molecule has 0 fully saturated rings. The van der Waals surface area contributed by atoms with Crippen molar-refractivity contribution in [2.24, 2.45) is 5.73 Å². The number of nitrogens with zero attached hydrogens (tertiary/aromatic N) is 1. The van der Waals surface area contributed by atoms with Gasteiger partial charge in [-0.05, 0) is 30.0 Å². The summed E-state index contributed by atoms with van der Waals surface area (Å²) in [6.45, 7) is 4.94. The van der Waals surface area contributed by atoms with Gasteiger partial charge in [-0.1, -0.05) is 43.3 Å². The summed E-state index contributed by atoms with van der Waals surface area (Å²) >= 11 is 1.80. The third-order valence-electron chi connectivity index (χ3n) is 3.27. The van der Waals surface area contributed by atoms with Gasteiger partial charge in [0.15, 0.2) is 0 Å². The second-order valence-electron chi connectivity index (χ2n) is 4.72. The zero-order chi connectivity index (χ0) is 13.5. The predicted octanol–water partition coefficient (Wildman–Crippen LogP) is 3.66. The van der Waals surface area contributed by atoms with Crippen LogP contribution in [0, 0.1) is 0 Å². The molecule has 1 heterocycles. The monoisotopic (exact) mass is 274 g/mol. The fourth-order valence-electron chi connectivity index (χ4n) is 2.38. The fraction of sp³-hybridized carbons (Fsp3) is 0.375. The molecule has 0 aliphatic rings. The summed E-state index contributed by atoms with van der Waals surface area (Å²) in [4.78, 5) is 3.85. The van der Waals surface area contributed by atoms with E-state index in [1.807, 2.05) is 0 Å². The van der Waals surface area contributed by atoms with Crippen molar-refractivity contribution in [3.05, 3.63) is 58.3 Å². The van der Waals surface area contributed by atoms with Crippen LogP contribution in [-0.2, 0) is 6.54 Å². The maximum atomic E-state index is 6.01. The van der Waals surface area contributed by atoms with Gasteiger partial charge in [-0.2, -0.15) is 0 Å². The summed E-state index contributed by atoms with van der Waals surface area (Å²) in [5, 5.41) is 2.13. The Morgan fingerprint density at radius 1 is 1.16 bits per heavy atom. The highest BCUT2D eigenvalue weighted by atomic mass is 32.1. The van der Waals surface area contributed by atoms with Gasteiger partial charge in [0.25, 0.3) is 0 Å². The molecule has 1 unspecified atom stereocenters. The molecule has 0 radical (unpaired) electrons. The van der Waals surface area contributed by atoms with Crippen molar-refractivity contribution in [2.75, 3.05) is 13.1 Å². The standard InChI is InChI=1S/C16H22N2S/c1-2-10-18(13-14-7-4-3-5-8-14)15(12-17)16-9-6-11-19-16/h3-9,11,15H,2,10,12-13,17H2,1H3. The first kappa shape index (κ1) is 14.3. The molecule has 0 aliphatic carbocycles. The molecular formula is C16H22N2S. The second-order valence-corrected chi connectivity index (χ2v) is 5.70. The van der Waals surface area contributed by atoms with Crippen molar-refractivity contribution in [2.45, 2.75) is 25.9 Å². The molecule has 2 N–H and O–H groups in total. The van der Waals surface area contributed by atoms with Crippen molar-refractivity contribution >= 4 is 11.3 Å². The summed E-state index contributed by atoms with van der Waals surface area (Å²) in [5.74, 6) is 0. The smallest absolute Gasteiger partial charge is 0.0567 e. The summed E-state index contributed by atoms with van der Waals surface area (Å²) in [6.07, 6.45) is 1.15. The average Bonchev–Trinajstić information content (AvgIpc) is 2.95. The van der Waals surface area contributed by atoms with Gasteiger partial charge in [0.1, 0.15) is 0 Å². The van der Waals surface area contributed by atoms with Crippen LogP contribution in [-0.4, -0.2) is 18.0 Å². The quantitative estimate of drug-likeness (QED) is 0.835. The van der Waals surface area contributed by atoms with Crippen LogP contribution in [0.1, 0.15) is 29.8 Å². The van der Waals surface area contributed by atoms with Gasteiger partial charge >= 0.3 is 0 Å². The minimum atomic E-state index is 0.333. The van der Waals surface area contributed by atoms with E-state index in [-0.39, 0.29) is 0 Å². The first-order valence-corrected chi connectivity index (χ1v) is 7.74. The molecule has 0 aliphatic heterocycles. The third kappa shape index (κ3) is 3.90. The van der Waals surface area contributed by atoms with Crippen LogP contribution in [0.25, 0.3) is 0 Å². The molecular weight excluding hydrogens is 252 g/mol. The SMILES string of the molecule is CCCN(Cc1ccccc1)C(CN)c1cccs1. The maximum absolute atomic E-state index is 6.01. The summed E-state index contributed by atoms with van der Waals surface area (Å²) in [7, 11) is 0. The maximum Gasteiger partial charge on any atom is 0.0567 e. The Balaban J connectivity index is 2.14. The number of hydrogen-bond acceptors (Lipinski definition) is 3. The van der Waals surface area contributed by atoms with E-state index in [0.29, 0.717) is 12.6 Å². The summed E-state index contributed by atoms with van der Waals surface area (Å²) < 4.78 is 0. The molecule has 0 saturated heterocycles. The van der Waals surface area contributed by atoms with Crippen LogP contribution < -0.4 is 5.73 Å². The van der Waals surface area contributed by atoms with Gasteiger partial charge in [0.05, 0.1) is 6.04 Å². The zero-order valence-corrected chi connectivity index (χ0v) is 12.3. The molecule has 1 atom stereocenters. The first-order valence-electron chi connectivity index (χ1n) is 6.86. The van der Waals surface area contributed by atoms with E-state index in [9.17, 15) is 0 Å². The lowest BCUT2D eigenvalue weighted by molar-refractivity contribution is 0.195. The van der Waals surface area contributed by atoms with Gasteiger partial charge in [-0.25, -0.2) is 0 Å². The molecule has 19 heavy (non-hydrogen) atoms. The molecule has 102 valence electrons. The number of hydrogen-bond donors (Lipinski definition) is 1. The van der Waals surface area contributed by atoms with E-state index < -0.39 is 0 Å². The van der Waals surface area contributed by atoms with Crippen LogP contribution in [0.5, 0.6) is 0 Å². The predicted molar refractivity (Wildman–Crippen MR) is 83.3 cm³/mol. The third-order valence-corrected chi connectivity index (χ3v) is 4.25. The van der Waals surface area contributed by atoms with Crippen molar-refractivity contribution in [1.82, 2.24) is 4.90 Å². The fourth-order valence-corrected chi connectivity index (χ4v) is 3.25. The van der Waals surface area contributed by atoms with Crippen molar-refractivity contribution in [3.8, 4) is 0 Å². The van der Waals surface area contributed by atoms with Gasteiger partial charge in [0, 0.05) is 18.0 Å². The molecule has 1 aromatic carbocycles. The lowest BCUT2D eigenvalue weighted by Gasteiger charge is -2.30. The molecule has 3 heteroatoms. The number of thiophene rings is 1. The second kappa shape index (κ2) is 7.43. The van der Waals surface area contributed by atoms with E-state index in [2.05, 4.69) is 59.7 Å². The molecule has 0 saturated carbocycles. The Hall–Kier alpha value is -1.16. The van der Waals surface area contributed by atoms with Crippen LogP contribution >= 0.6 is 11.3 Å². The largest absolute Gasteiger partial charge is 0.329 e. The van der Waals surface area contributed by atoms with Crippen LogP contribution in [0.3, 0.4) is 0 Å². The number of rotatable bonds is 7. The first-order chi connectivity index (χ1) is 9.35. The Labute approximate surface area is 119 Å². The molecule has 2 rings (SSSR count). The van der Waals surface area contributed by atoms with Crippen molar-refractivity contribution in [3.63, 3.8) is 0 Å². The Kier molecular flexibility index (Phi) is 5.58. The Morgan fingerprint density at radius 3 is 2.53 bits per heavy atom. The summed E-state index contributed by atoms with van der Waals surface area (Å²) in [5.41, 5.74) is 7.37. The van der Waals surface area contributed by atoms with Gasteiger partial charge < -0.3 is 5.73 Å². The van der Waals surface area contributed by atoms with Crippen LogP contribution in [0.15, 0.2) is 47.8 Å². The molecule has 2 aromatic rings. The highest BCUT2D eigenvalue weighted by Crippen LogP contribution is 2.26. The highest BCUT2D eigenvalue weighted by molar-refractivity contribution is 7.10. The molecule has 0 bridgehead atoms. The van der Waals surface area contributed by atoms with Crippen LogP contribution in [0.4, 0.5) is 0 Å². The van der Waals surface area contributed by atoms with Gasteiger partial charge in [-0.3, -0.25) is 4.90 Å². The van der Waals surface area contributed by atoms with E-state index in [1.54, 1.807) is 11.3 Å². The number of nitrogens with two attached hydrogens (primary N) is 1. The molecule has 1 aromatic heterocycles. The normalized spacial score (nSPS) is 12.8. The van der Waals surface area contributed by atoms with E-state index >= 15 is 0 Å². The number of benzene rings is 1. The average molecular weight is 274 g/mol. The highest BCUT2D eigenvalue weighted by Gasteiger charge is 2.19. The lowest BCUT2D eigenvalue weighted by atomic mass is 10.1. The topological polar surface area (TPSA) is 29.3 Å².